The third-order valence-corrected chi connectivity index (χ3v) is 2.31. The van der Waals surface area contributed by atoms with Gasteiger partial charge in [-0.05, 0) is 30.7 Å². The van der Waals surface area contributed by atoms with Crippen LogP contribution >= 0.6 is 15.9 Å². The Labute approximate surface area is 78.7 Å². The molecule has 1 radical (unpaired) electrons. The summed E-state index contributed by atoms with van der Waals surface area (Å²) in [7, 11) is 0. The molecule has 0 amide bonds. The molecule has 0 saturated heterocycles. The molecule has 1 atom stereocenters. The first kappa shape index (κ1) is 9.65. The molecule has 1 unspecified atom stereocenters. The van der Waals surface area contributed by atoms with Crippen molar-refractivity contribution in [2.45, 2.75) is 5.92 Å². The Morgan fingerprint density at radius 2 is 2.17 bits per heavy atom. The normalized spacial score (nSPS) is 13.0. The molecule has 0 aliphatic heterocycles. The topological polar surface area (TPSA) is 0 Å². The van der Waals surface area contributed by atoms with E-state index in [1.54, 1.807) is 6.07 Å². The number of alkyl halides is 1. The summed E-state index contributed by atoms with van der Waals surface area (Å²) in [5.74, 6) is -0.870. The highest BCUT2D eigenvalue weighted by atomic mass is 79.9. The Bertz CT molecular complexity index is 273. The minimum absolute atomic E-state index is 0.365. The Balaban J connectivity index is 3.04. The van der Waals surface area contributed by atoms with Gasteiger partial charge < -0.3 is 0 Å². The standard InChI is InChI=1S/C9H8BrF2/c1-6(5-11)8-4-7(12)2-3-9(8)10/h2-4,6H,1,5H2. The third-order valence-electron chi connectivity index (χ3n) is 1.58. The molecular weight excluding hydrogens is 226 g/mol. The summed E-state index contributed by atoms with van der Waals surface area (Å²) in [5.41, 5.74) is 0.567. The lowest BCUT2D eigenvalue weighted by molar-refractivity contribution is 0.463. The first-order chi connectivity index (χ1) is 5.65. The van der Waals surface area contributed by atoms with Crippen LogP contribution in [0.4, 0.5) is 8.78 Å². The molecule has 0 aliphatic rings. The van der Waals surface area contributed by atoms with E-state index in [0.717, 1.165) is 0 Å². The molecule has 65 valence electrons. The van der Waals surface area contributed by atoms with Crippen molar-refractivity contribution in [3.63, 3.8) is 0 Å². The average Bonchev–Trinajstić information content (AvgIpc) is 2.08. The van der Waals surface area contributed by atoms with E-state index in [9.17, 15) is 8.78 Å². The van der Waals surface area contributed by atoms with Gasteiger partial charge in [0.15, 0.2) is 0 Å². The van der Waals surface area contributed by atoms with Crippen LogP contribution in [-0.4, -0.2) is 6.67 Å². The smallest absolute Gasteiger partial charge is 0.123 e. The zero-order valence-corrected chi connectivity index (χ0v) is 7.94. The molecule has 0 aliphatic carbocycles. The highest BCUT2D eigenvalue weighted by molar-refractivity contribution is 9.10. The molecule has 1 aromatic carbocycles. The number of hydrogen-bond donors (Lipinski definition) is 0. The minimum atomic E-state index is -0.581. The predicted molar refractivity (Wildman–Crippen MR) is 48.2 cm³/mol. The van der Waals surface area contributed by atoms with Crippen LogP contribution in [0.2, 0.25) is 0 Å². The van der Waals surface area contributed by atoms with Gasteiger partial charge in [-0.3, -0.25) is 4.39 Å². The maximum atomic E-state index is 12.7. The van der Waals surface area contributed by atoms with Crippen LogP contribution in [0, 0.1) is 12.7 Å². The quantitative estimate of drug-likeness (QED) is 0.734. The fourth-order valence-electron chi connectivity index (χ4n) is 0.911. The van der Waals surface area contributed by atoms with Gasteiger partial charge in [0.2, 0.25) is 0 Å². The average molecular weight is 234 g/mol. The summed E-state index contributed by atoms with van der Waals surface area (Å²) in [6.07, 6.45) is 0. The van der Waals surface area contributed by atoms with Gasteiger partial charge in [-0.2, -0.15) is 0 Å². The largest absolute Gasteiger partial charge is 0.250 e. The van der Waals surface area contributed by atoms with Crippen molar-refractivity contribution < 1.29 is 8.78 Å². The van der Waals surface area contributed by atoms with Crippen molar-refractivity contribution in [3.8, 4) is 0 Å². The fraction of sp³-hybridized carbons (Fsp3) is 0.222. The molecular formula is C9H8BrF2. The number of hydrogen-bond acceptors (Lipinski definition) is 0. The van der Waals surface area contributed by atoms with Gasteiger partial charge in [0, 0.05) is 10.4 Å². The Morgan fingerprint density at radius 3 is 2.75 bits per heavy atom. The highest BCUT2D eigenvalue weighted by Gasteiger charge is 2.09. The van der Waals surface area contributed by atoms with Crippen LogP contribution in [0.25, 0.3) is 0 Å². The lowest BCUT2D eigenvalue weighted by Crippen LogP contribution is -1.97. The van der Waals surface area contributed by atoms with Gasteiger partial charge in [0.25, 0.3) is 0 Å². The molecule has 3 heteroatoms. The summed E-state index contributed by atoms with van der Waals surface area (Å²) in [5, 5.41) is 0. The lowest BCUT2D eigenvalue weighted by Gasteiger charge is -2.08. The van der Waals surface area contributed by atoms with Crippen molar-refractivity contribution in [1.29, 1.82) is 0 Å². The van der Waals surface area contributed by atoms with Gasteiger partial charge in [0.05, 0.1) is 6.67 Å². The van der Waals surface area contributed by atoms with E-state index < -0.39 is 12.6 Å². The maximum Gasteiger partial charge on any atom is 0.123 e. The minimum Gasteiger partial charge on any atom is -0.250 e. The zero-order chi connectivity index (χ0) is 9.14. The second-order valence-corrected chi connectivity index (χ2v) is 3.37. The summed E-state index contributed by atoms with van der Waals surface area (Å²) in [6, 6.07) is 4.17. The molecule has 0 bridgehead atoms. The highest BCUT2D eigenvalue weighted by Crippen LogP contribution is 2.25. The Kier molecular flexibility index (Phi) is 3.20. The lowest BCUT2D eigenvalue weighted by atomic mass is 10.0. The first-order valence-electron chi connectivity index (χ1n) is 3.49. The van der Waals surface area contributed by atoms with Crippen LogP contribution in [0.1, 0.15) is 11.5 Å². The van der Waals surface area contributed by atoms with Crippen molar-refractivity contribution in [3.05, 3.63) is 41.0 Å². The van der Waals surface area contributed by atoms with Gasteiger partial charge in [-0.1, -0.05) is 15.9 Å². The summed E-state index contributed by atoms with van der Waals surface area (Å²) < 4.78 is 25.5. The SMILES string of the molecule is [CH2]C(CF)c1cc(F)ccc1Br. The van der Waals surface area contributed by atoms with Crippen LogP contribution in [-0.2, 0) is 0 Å². The van der Waals surface area contributed by atoms with Gasteiger partial charge in [-0.15, -0.1) is 0 Å². The van der Waals surface area contributed by atoms with Crippen LogP contribution in [0.5, 0.6) is 0 Å². The number of rotatable bonds is 2. The Morgan fingerprint density at radius 1 is 1.50 bits per heavy atom. The van der Waals surface area contributed by atoms with E-state index in [4.69, 9.17) is 0 Å². The third kappa shape index (κ3) is 2.03. The molecule has 0 N–H and O–H groups in total. The Hall–Kier alpha value is -0.440. The van der Waals surface area contributed by atoms with E-state index in [1.165, 1.54) is 12.1 Å². The second-order valence-electron chi connectivity index (χ2n) is 2.52. The molecule has 0 heterocycles. The van der Waals surface area contributed by atoms with Crippen molar-refractivity contribution >= 4 is 15.9 Å². The molecule has 0 fully saturated rings. The van der Waals surface area contributed by atoms with Gasteiger partial charge >= 0.3 is 0 Å². The van der Waals surface area contributed by atoms with E-state index in [-0.39, 0.29) is 5.82 Å². The predicted octanol–water partition coefficient (Wildman–Crippen LogP) is 3.48. The van der Waals surface area contributed by atoms with E-state index in [0.29, 0.717) is 10.0 Å². The molecule has 0 saturated carbocycles. The van der Waals surface area contributed by atoms with Crippen molar-refractivity contribution in [2.75, 3.05) is 6.67 Å². The maximum absolute atomic E-state index is 12.7. The first-order valence-corrected chi connectivity index (χ1v) is 4.28. The van der Waals surface area contributed by atoms with E-state index >= 15 is 0 Å². The monoisotopic (exact) mass is 233 g/mol. The van der Waals surface area contributed by atoms with Crippen LogP contribution < -0.4 is 0 Å². The summed E-state index contributed by atoms with van der Waals surface area (Å²) in [6.45, 7) is 2.98. The molecule has 0 aromatic heterocycles. The number of halogens is 3. The zero-order valence-electron chi connectivity index (χ0n) is 6.36. The van der Waals surface area contributed by atoms with E-state index in [2.05, 4.69) is 22.9 Å². The molecule has 12 heavy (non-hydrogen) atoms. The van der Waals surface area contributed by atoms with E-state index in [1.807, 2.05) is 0 Å². The van der Waals surface area contributed by atoms with Crippen molar-refractivity contribution in [1.82, 2.24) is 0 Å². The van der Waals surface area contributed by atoms with Gasteiger partial charge in [0.1, 0.15) is 5.82 Å². The van der Waals surface area contributed by atoms with Crippen LogP contribution in [0.15, 0.2) is 22.7 Å². The summed E-state index contributed by atoms with van der Waals surface area (Å²) in [4.78, 5) is 0. The fourth-order valence-corrected chi connectivity index (χ4v) is 1.48. The molecule has 1 rings (SSSR count). The van der Waals surface area contributed by atoms with Crippen molar-refractivity contribution in [2.24, 2.45) is 0 Å². The number of benzene rings is 1. The molecule has 0 nitrogen and oxygen atoms in total. The second kappa shape index (κ2) is 3.99. The molecule has 0 spiro atoms. The molecule has 1 aromatic rings. The summed E-state index contributed by atoms with van der Waals surface area (Å²) >= 11 is 3.20. The van der Waals surface area contributed by atoms with Crippen LogP contribution in [0.3, 0.4) is 0 Å². The van der Waals surface area contributed by atoms with Gasteiger partial charge in [-0.25, -0.2) is 4.39 Å².